The van der Waals surface area contributed by atoms with Gasteiger partial charge in [0.05, 0.1) is 11.4 Å². The molecule has 0 saturated heterocycles. The van der Waals surface area contributed by atoms with Crippen molar-refractivity contribution in [3.8, 4) is 0 Å². The van der Waals surface area contributed by atoms with E-state index in [0.717, 1.165) is 21.5 Å². The minimum atomic E-state index is 0.474. The number of fused-ring (bicyclic) bond motifs is 5. The summed E-state index contributed by atoms with van der Waals surface area (Å²) in [6, 6.07) is 14.6. The summed E-state index contributed by atoms with van der Waals surface area (Å²) in [5, 5.41) is 3.37. The van der Waals surface area contributed by atoms with Gasteiger partial charge in [0, 0.05) is 27.6 Å². The van der Waals surface area contributed by atoms with E-state index in [1.54, 1.807) is 24.3 Å². The van der Waals surface area contributed by atoms with Crippen molar-refractivity contribution < 1.29 is 14.0 Å². The molecule has 108 valence electrons. The molecule has 1 aromatic heterocycles. The number of rotatable bonds is 2. The van der Waals surface area contributed by atoms with Gasteiger partial charge < -0.3 is 4.42 Å². The minimum absolute atomic E-state index is 0.474. The maximum absolute atomic E-state index is 10.7. The summed E-state index contributed by atoms with van der Waals surface area (Å²) in [5.41, 5.74) is 2.32. The summed E-state index contributed by atoms with van der Waals surface area (Å²) in [6.45, 7) is 0. The highest BCUT2D eigenvalue weighted by molar-refractivity contribution is 6.18. The molecule has 0 unspecified atom stereocenters. The van der Waals surface area contributed by atoms with Crippen LogP contribution in [0.25, 0.3) is 32.7 Å². The average molecular weight is 300 g/mol. The molecular weight excluding hydrogens is 292 g/mol. The van der Waals surface area contributed by atoms with E-state index in [4.69, 9.17) is 4.42 Å². The number of furan rings is 1. The summed E-state index contributed by atoms with van der Waals surface area (Å²) in [5.74, 6) is 0. The molecule has 0 amide bonds. The second kappa shape index (κ2) is 5.04. The van der Waals surface area contributed by atoms with Crippen LogP contribution in [-0.4, -0.2) is 12.2 Å². The number of aliphatic imine (C=N–C) groups is 2. The second-order valence-corrected chi connectivity index (χ2v) is 5.01. The van der Waals surface area contributed by atoms with Gasteiger partial charge in [0.25, 0.3) is 0 Å². The third-order valence-corrected chi connectivity index (χ3v) is 3.78. The van der Waals surface area contributed by atoms with Gasteiger partial charge in [0.2, 0.25) is 12.2 Å². The molecule has 0 bridgehead atoms. The van der Waals surface area contributed by atoms with Crippen LogP contribution in [-0.2, 0) is 9.59 Å². The fraction of sp³-hybridized carbons (Fsp3) is 0. The first-order valence-corrected chi connectivity index (χ1v) is 6.85. The highest BCUT2D eigenvalue weighted by Crippen LogP contribution is 2.39. The van der Waals surface area contributed by atoms with Crippen LogP contribution < -0.4 is 0 Å². The first-order chi connectivity index (χ1) is 11.3. The minimum Gasteiger partial charge on any atom is -0.455 e. The lowest BCUT2D eigenvalue weighted by molar-refractivity contribution is 0.564. The van der Waals surface area contributed by atoms with Crippen LogP contribution in [0, 0.1) is 0 Å². The van der Waals surface area contributed by atoms with Crippen LogP contribution in [0.15, 0.2) is 62.9 Å². The molecule has 23 heavy (non-hydrogen) atoms. The lowest BCUT2D eigenvalue weighted by atomic mass is 10.0. The van der Waals surface area contributed by atoms with Gasteiger partial charge >= 0.3 is 0 Å². The van der Waals surface area contributed by atoms with Crippen LogP contribution in [0.5, 0.6) is 0 Å². The van der Waals surface area contributed by atoms with Crippen molar-refractivity contribution in [2.75, 3.05) is 0 Å². The molecule has 3 aromatic carbocycles. The summed E-state index contributed by atoms with van der Waals surface area (Å²) >= 11 is 0. The van der Waals surface area contributed by atoms with Crippen molar-refractivity contribution in [2.45, 2.75) is 0 Å². The number of hydrogen-bond acceptors (Lipinski definition) is 5. The third-order valence-electron chi connectivity index (χ3n) is 3.78. The Morgan fingerprint density at radius 1 is 0.783 bits per heavy atom. The zero-order valence-electron chi connectivity index (χ0n) is 11.7. The van der Waals surface area contributed by atoms with Crippen LogP contribution in [0.4, 0.5) is 11.4 Å². The Morgan fingerprint density at radius 2 is 1.57 bits per heavy atom. The zero-order chi connectivity index (χ0) is 15.8. The molecule has 0 aliphatic rings. The summed E-state index contributed by atoms with van der Waals surface area (Å²) in [7, 11) is 0. The van der Waals surface area contributed by atoms with Gasteiger partial charge in [0.15, 0.2) is 0 Å². The van der Waals surface area contributed by atoms with E-state index in [1.807, 2.05) is 30.3 Å². The average Bonchev–Trinajstić information content (AvgIpc) is 2.94. The molecular formula is C18H8N2O3. The van der Waals surface area contributed by atoms with Crippen molar-refractivity contribution in [1.82, 2.24) is 0 Å². The van der Waals surface area contributed by atoms with E-state index < -0.39 is 0 Å². The van der Waals surface area contributed by atoms with Crippen molar-refractivity contribution in [2.24, 2.45) is 9.98 Å². The van der Waals surface area contributed by atoms with Gasteiger partial charge in [-0.15, -0.1) is 0 Å². The van der Waals surface area contributed by atoms with Crippen molar-refractivity contribution >= 4 is 56.2 Å². The SMILES string of the molecule is O=C=Nc1ccc2c(c1)oc1c3ccccc3c(N=C=O)cc21. The Morgan fingerprint density at radius 3 is 2.35 bits per heavy atom. The highest BCUT2D eigenvalue weighted by atomic mass is 16.3. The number of carbonyl (C=O) groups excluding carboxylic acids is 2. The highest BCUT2D eigenvalue weighted by Gasteiger charge is 2.13. The van der Waals surface area contributed by atoms with Gasteiger partial charge in [-0.2, -0.15) is 9.98 Å². The summed E-state index contributed by atoms with van der Waals surface area (Å²) in [6.07, 6.45) is 3.11. The van der Waals surface area contributed by atoms with E-state index >= 15 is 0 Å². The molecule has 0 radical (unpaired) electrons. The Labute approximate surface area is 129 Å². The standard InChI is InChI=1S/C18H8N2O3/c21-9-19-11-5-6-13-15-8-16(20-10-22)12-3-1-2-4-14(12)18(15)23-17(13)7-11/h1-8H. The molecule has 0 aliphatic heterocycles. The number of benzene rings is 3. The van der Waals surface area contributed by atoms with Crippen molar-refractivity contribution in [1.29, 1.82) is 0 Å². The normalized spacial score (nSPS) is 10.6. The van der Waals surface area contributed by atoms with E-state index in [9.17, 15) is 9.59 Å². The summed E-state index contributed by atoms with van der Waals surface area (Å²) in [4.78, 5) is 28.5. The lowest BCUT2D eigenvalue weighted by Gasteiger charge is -2.01. The fourth-order valence-electron chi connectivity index (χ4n) is 2.83. The maximum atomic E-state index is 10.7. The first-order valence-electron chi connectivity index (χ1n) is 6.85. The maximum Gasteiger partial charge on any atom is 0.240 e. The molecule has 1 heterocycles. The predicted molar refractivity (Wildman–Crippen MR) is 86.8 cm³/mol. The number of nitrogens with zero attached hydrogens (tertiary/aromatic N) is 2. The first kappa shape index (κ1) is 13.2. The lowest BCUT2D eigenvalue weighted by Crippen LogP contribution is -1.75. The zero-order valence-corrected chi connectivity index (χ0v) is 11.7. The predicted octanol–water partition coefficient (Wildman–Crippen LogP) is 4.67. The molecule has 5 nitrogen and oxygen atoms in total. The molecule has 5 heteroatoms. The molecule has 0 saturated carbocycles. The topological polar surface area (TPSA) is 72.0 Å². The Bertz CT molecular complexity index is 1180. The largest absolute Gasteiger partial charge is 0.455 e. The Balaban J connectivity index is 2.20. The van der Waals surface area contributed by atoms with Crippen LogP contribution >= 0.6 is 0 Å². The van der Waals surface area contributed by atoms with Crippen molar-refractivity contribution in [3.63, 3.8) is 0 Å². The molecule has 0 atom stereocenters. The van der Waals surface area contributed by atoms with Gasteiger partial charge in [-0.1, -0.05) is 24.3 Å². The van der Waals surface area contributed by atoms with Gasteiger partial charge in [-0.05, 0) is 18.2 Å². The van der Waals surface area contributed by atoms with Gasteiger partial charge in [-0.25, -0.2) is 9.59 Å². The van der Waals surface area contributed by atoms with E-state index in [0.29, 0.717) is 22.5 Å². The van der Waals surface area contributed by atoms with Gasteiger partial charge in [-0.3, -0.25) is 0 Å². The quantitative estimate of drug-likeness (QED) is 0.399. The van der Waals surface area contributed by atoms with Crippen LogP contribution in [0.3, 0.4) is 0 Å². The third kappa shape index (κ3) is 1.97. The molecule has 0 N–H and O–H groups in total. The number of isocyanates is 2. The van der Waals surface area contributed by atoms with Gasteiger partial charge in [0.1, 0.15) is 11.2 Å². The Kier molecular flexibility index (Phi) is 2.88. The van der Waals surface area contributed by atoms with Crippen LogP contribution in [0.2, 0.25) is 0 Å². The van der Waals surface area contributed by atoms with E-state index in [-0.39, 0.29) is 0 Å². The molecule has 4 rings (SSSR count). The molecule has 4 aromatic rings. The molecule has 0 spiro atoms. The second-order valence-electron chi connectivity index (χ2n) is 5.01. The molecule has 0 fully saturated rings. The summed E-state index contributed by atoms with van der Waals surface area (Å²) < 4.78 is 5.96. The Hall–Kier alpha value is -3.52. The molecule has 0 aliphatic carbocycles. The van der Waals surface area contributed by atoms with E-state index in [2.05, 4.69) is 9.98 Å². The number of hydrogen-bond donors (Lipinski definition) is 0. The van der Waals surface area contributed by atoms with Crippen molar-refractivity contribution in [3.05, 3.63) is 48.5 Å². The van der Waals surface area contributed by atoms with Crippen LogP contribution in [0.1, 0.15) is 0 Å². The monoisotopic (exact) mass is 300 g/mol. The fourth-order valence-corrected chi connectivity index (χ4v) is 2.83. The smallest absolute Gasteiger partial charge is 0.240 e. The van der Waals surface area contributed by atoms with E-state index in [1.165, 1.54) is 6.08 Å².